The first-order chi connectivity index (χ1) is 13.1. The topological polar surface area (TPSA) is 43.4 Å². The minimum absolute atomic E-state index is 0.243. The molecule has 0 saturated carbocycles. The molecular formula is C23H17FO3. The van der Waals surface area contributed by atoms with Crippen molar-refractivity contribution in [2.45, 2.75) is 18.2 Å². The average Bonchev–Trinajstić information content (AvgIpc) is 2.99. The molecular weight excluding hydrogens is 343 g/mol. The third-order valence-electron chi connectivity index (χ3n) is 4.81. The monoisotopic (exact) mass is 360 g/mol. The van der Waals surface area contributed by atoms with Crippen molar-refractivity contribution in [3.63, 3.8) is 0 Å². The first kappa shape index (κ1) is 17.2. The Morgan fingerprint density at radius 2 is 1.37 bits per heavy atom. The van der Waals surface area contributed by atoms with Gasteiger partial charge in [-0.3, -0.25) is 4.79 Å². The molecule has 3 aromatic rings. The number of benzene rings is 3. The maximum Gasteiger partial charge on any atom is 0.353 e. The molecule has 0 bridgehead atoms. The summed E-state index contributed by atoms with van der Waals surface area (Å²) in [6.45, 7) is 0. The summed E-state index contributed by atoms with van der Waals surface area (Å²) in [6, 6.07) is 24.8. The highest BCUT2D eigenvalue weighted by atomic mass is 19.1. The van der Waals surface area contributed by atoms with E-state index in [1.165, 1.54) is 6.07 Å². The number of alkyl halides is 1. The smallest absolute Gasteiger partial charge is 0.353 e. The van der Waals surface area contributed by atoms with Crippen LogP contribution in [0.5, 0.6) is 0 Å². The van der Waals surface area contributed by atoms with Crippen molar-refractivity contribution in [3.05, 3.63) is 107 Å². The number of hydrogen-bond donors (Lipinski definition) is 0. The van der Waals surface area contributed by atoms with Crippen LogP contribution in [-0.4, -0.2) is 17.4 Å². The van der Waals surface area contributed by atoms with E-state index in [9.17, 15) is 9.59 Å². The van der Waals surface area contributed by atoms with Crippen molar-refractivity contribution in [2.24, 2.45) is 0 Å². The van der Waals surface area contributed by atoms with E-state index < -0.39 is 23.5 Å². The fraction of sp³-hybridized carbons (Fsp3) is 0.130. The summed E-state index contributed by atoms with van der Waals surface area (Å²) in [6.07, 6.45) is -1.08. The highest BCUT2D eigenvalue weighted by Crippen LogP contribution is 2.36. The SMILES string of the molecule is O=C(OC(c1ccccc1)c1ccccc1)[C@@]1(F)Cc2ccccc2C1=O. The lowest BCUT2D eigenvalue weighted by Crippen LogP contribution is -2.42. The molecule has 0 saturated heterocycles. The second-order valence-electron chi connectivity index (χ2n) is 6.57. The van der Waals surface area contributed by atoms with Crippen molar-refractivity contribution >= 4 is 11.8 Å². The van der Waals surface area contributed by atoms with Crippen LogP contribution in [0.4, 0.5) is 4.39 Å². The van der Waals surface area contributed by atoms with E-state index in [4.69, 9.17) is 4.74 Å². The summed E-state index contributed by atoms with van der Waals surface area (Å²) in [4.78, 5) is 25.3. The average molecular weight is 360 g/mol. The van der Waals surface area contributed by atoms with Gasteiger partial charge in [-0.25, -0.2) is 9.18 Å². The van der Waals surface area contributed by atoms with Crippen molar-refractivity contribution in [2.75, 3.05) is 0 Å². The standard InChI is InChI=1S/C23H17FO3/c24-23(15-18-13-7-8-14-19(18)21(23)25)22(26)27-20(16-9-3-1-4-10-16)17-11-5-2-6-12-17/h1-14,20H,15H2/t23-/m1/s1. The molecule has 0 heterocycles. The Morgan fingerprint density at radius 3 is 1.93 bits per heavy atom. The van der Waals surface area contributed by atoms with Gasteiger partial charge in [0.1, 0.15) is 0 Å². The van der Waals surface area contributed by atoms with Gasteiger partial charge in [0, 0.05) is 12.0 Å². The van der Waals surface area contributed by atoms with E-state index in [0.717, 1.165) is 0 Å². The molecule has 0 unspecified atom stereocenters. The molecule has 1 aliphatic rings. The van der Waals surface area contributed by atoms with Crippen LogP contribution in [0.25, 0.3) is 0 Å². The molecule has 3 aromatic carbocycles. The second kappa shape index (κ2) is 6.80. The third kappa shape index (κ3) is 3.04. The number of Topliss-reactive ketones (excluding diaryl/α,β-unsaturated/α-hetero) is 1. The van der Waals surface area contributed by atoms with Gasteiger partial charge in [0.05, 0.1) is 0 Å². The van der Waals surface area contributed by atoms with Gasteiger partial charge in [0.25, 0.3) is 5.67 Å². The predicted molar refractivity (Wildman–Crippen MR) is 99.1 cm³/mol. The highest BCUT2D eigenvalue weighted by Gasteiger charge is 2.54. The largest absolute Gasteiger partial charge is 0.450 e. The molecule has 0 radical (unpaired) electrons. The maximum absolute atomic E-state index is 15.5. The molecule has 1 atom stereocenters. The fourth-order valence-electron chi connectivity index (χ4n) is 3.40. The van der Waals surface area contributed by atoms with E-state index >= 15 is 4.39 Å². The van der Waals surface area contributed by atoms with Gasteiger partial charge in [-0.15, -0.1) is 0 Å². The molecule has 134 valence electrons. The molecule has 0 aliphatic heterocycles. The number of fused-ring (bicyclic) bond motifs is 1. The number of hydrogen-bond acceptors (Lipinski definition) is 3. The summed E-state index contributed by atoms with van der Waals surface area (Å²) in [5.41, 5.74) is -0.496. The summed E-state index contributed by atoms with van der Waals surface area (Å²) < 4.78 is 21.0. The van der Waals surface area contributed by atoms with E-state index in [1.807, 2.05) is 36.4 Å². The second-order valence-corrected chi connectivity index (χ2v) is 6.57. The molecule has 3 nitrogen and oxygen atoms in total. The Morgan fingerprint density at radius 1 is 0.852 bits per heavy atom. The van der Waals surface area contributed by atoms with Crippen molar-refractivity contribution in [3.8, 4) is 0 Å². The zero-order valence-electron chi connectivity index (χ0n) is 14.5. The number of carbonyl (C=O) groups is 2. The molecule has 0 N–H and O–H groups in total. The van der Waals surface area contributed by atoms with Gasteiger partial charge in [0.2, 0.25) is 5.78 Å². The van der Waals surface area contributed by atoms with Gasteiger partial charge in [0.15, 0.2) is 6.10 Å². The summed E-state index contributed by atoms with van der Waals surface area (Å²) in [7, 11) is 0. The molecule has 4 heteroatoms. The summed E-state index contributed by atoms with van der Waals surface area (Å²) in [5.74, 6) is -1.98. The van der Waals surface area contributed by atoms with Crippen LogP contribution >= 0.6 is 0 Å². The number of halogens is 1. The normalized spacial score (nSPS) is 18.4. The van der Waals surface area contributed by atoms with E-state index in [0.29, 0.717) is 16.7 Å². The molecule has 4 rings (SSSR count). The van der Waals surface area contributed by atoms with Crippen molar-refractivity contribution in [1.82, 2.24) is 0 Å². The van der Waals surface area contributed by atoms with Gasteiger partial charge in [-0.2, -0.15) is 0 Å². The van der Waals surface area contributed by atoms with Crippen LogP contribution < -0.4 is 0 Å². The fourth-order valence-corrected chi connectivity index (χ4v) is 3.40. The Labute approximate surface area is 156 Å². The number of ketones is 1. The van der Waals surface area contributed by atoms with Gasteiger partial charge < -0.3 is 4.74 Å². The summed E-state index contributed by atoms with van der Waals surface area (Å²) in [5, 5.41) is 0. The van der Waals surface area contributed by atoms with Crippen LogP contribution in [-0.2, 0) is 16.0 Å². The lowest BCUT2D eigenvalue weighted by molar-refractivity contribution is -0.158. The van der Waals surface area contributed by atoms with E-state index in [-0.39, 0.29) is 12.0 Å². The maximum atomic E-state index is 15.5. The number of rotatable bonds is 4. The Kier molecular flexibility index (Phi) is 4.32. The third-order valence-corrected chi connectivity index (χ3v) is 4.81. The zero-order chi connectivity index (χ0) is 18.9. The quantitative estimate of drug-likeness (QED) is 0.509. The van der Waals surface area contributed by atoms with E-state index in [1.54, 1.807) is 42.5 Å². The number of ether oxygens (including phenoxy) is 1. The molecule has 0 aromatic heterocycles. The number of esters is 1. The van der Waals surface area contributed by atoms with Crippen LogP contribution in [0.3, 0.4) is 0 Å². The van der Waals surface area contributed by atoms with Crippen molar-refractivity contribution in [1.29, 1.82) is 0 Å². The van der Waals surface area contributed by atoms with Crippen LogP contribution in [0.1, 0.15) is 33.2 Å². The summed E-state index contributed by atoms with van der Waals surface area (Å²) >= 11 is 0. The van der Waals surface area contributed by atoms with Crippen molar-refractivity contribution < 1.29 is 18.7 Å². The first-order valence-electron chi connectivity index (χ1n) is 8.72. The Hall–Kier alpha value is -3.27. The lowest BCUT2D eigenvalue weighted by atomic mass is 9.99. The molecule has 0 fully saturated rings. The van der Waals surface area contributed by atoms with Crippen LogP contribution in [0.15, 0.2) is 84.9 Å². The van der Waals surface area contributed by atoms with Gasteiger partial charge in [-0.1, -0.05) is 84.9 Å². The Bertz CT molecular complexity index is 945. The predicted octanol–water partition coefficient (Wildman–Crippen LogP) is 4.47. The van der Waals surface area contributed by atoms with E-state index in [2.05, 4.69) is 0 Å². The van der Waals surface area contributed by atoms with Gasteiger partial charge in [-0.05, 0) is 16.7 Å². The molecule has 27 heavy (non-hydrogen) atoms. The van der Waals surface area contributed by atoms with Crippen LogP contribution in [0, 0.1) is 0 Å². The number of carbonyl (C=O) groups excluding carboxylic acids is 2. The zero-order valence-corrected chi connectivity index (χ0v) is 14.5. The molecule has 0 amide bonds. The lowest BCUT2D eigenvalue weighted by Gasteiger charge is -2.23. The highest BCUT2D eigenvalue weighted by molar-refractivity contribution is 6.18. The first-order valence-corrected chi connectivity index (χ1v) is 8.72. The minimum atomic E-state index is -2.69. The minimum Gasteiger partial charge on any atom is -0.450 e. The molecule has 0 spiro atoms. The van der Waals surface area contributed by atoms with Crippen LogP contribution in [0.2, 0.25) is 0 Å². The van der Waals surface area contributed by atoms with Gasteiger partial charge >= 0.3 is 5.97 Å². The molecule has 1 aliphatic carbocycles. The Balaban J connectivity index is 1.66.